The lowest BCUT2D eigenvalue weighted by molar-refractivity contribution is 0.198. The van der Waals surface area contributed by atoms with Crippen LogP contribution in [0.25, 0.3) is 0 Å². The first-order valence-electron chi connectivity index (χ1n) is 4.32. The van der Waals surface area contributed by atoms with Gasteiger partial charge in [-0.15, -0.1) is 0 Å². The Morgan fingerprint density at radius 3 is 2.50 bits per heavy atom. The van der Waals surface area contributed by atoms with Crippen LogP contribution in [0.2, 0.25) is 0 Å². The van der Waals surface area contributed by atoms with Crippen molar-refractivity contribution in [1.29, 1.82) is 0 Å². The zero-order chi connectivity index (χ0) is 7.82. The second kappa shape index (κ2) is 7.07. The summed E-state index contributed by atoms with van der Waals surface area (Å²) >= 11 is 0. The highest BCUT2D eigenvalue weighted by molar-refractivity contribution is 4.73. The number of aliphatic hydroxyl groups is 1. The van der Waals surface area contributed by atoms with Crippen molar-refractivity contribution in [3.63, 3.8) is 0 Å². The molecule has 0 fully saturated rings. The van der Waals surface area contributed by atoms with Crippen LogP contribution in [0.15, 0.2) is 0 Å². The van der Waals surface area contributed by atoms with Crippen LogP contribution in [-0.4, -0.2) is 11.2 Å². The fraction of sp³-hybridized carbons (Fsp3) is 0.889. The highest BCUT2D eigenvalue weighted by Gasteiger charge is 1.98. The number of unbranched alkanes of at least 4 members (excludes halogenated alkanes) is 3. The minimum absolute atomic E-state index is 0.170. The van der Waals surface area contributed by atoms with Crippen LogP contribution in [0.4, 0.5) is 0 Å². The molecule has 61 valence electrons. The van der Waals surface area contributed by atoms with Gasteiger partial charge in [0.2, 0.25) is 0 Å². The van der Waals surface area contributed by atoms with E-state index in [2.05, 4.69) is 6.92 Å². The van der Waals surface area contributed by atoms with Crippen LogP contribution in [0.5, 0.6) is 0 Å². The molecule has 0 saturated heterocycles. The van der Waals surface area contributed by atoms with Crippen molar-refractivity contribution in [2.75, 3.05) is 0 Å². The van der Waals surface area contributed by atoms with Crippen molar-refractivity contribution >= 4 is 0 Å². The highest BCUT2D eigenvalue weighted by Crippen LogP contribution is 2.05. The predicted molar refractivity (Wildman–Crippen MR) is 44.7 cm³/mol. The molecule has 1 atom stereocenters. The third-order valence-corrected chi connectivity index (χ3v) is 1.66. The largest absolute Gasteiger partial charge is 0.393 e. The van der Waals surface area contributed by atoms with Crippen molar-refractivity contribution in [3.8, 4) is 0 Å². The predicted octanol–water partition coefficient (Wildman–Crippen LogP) is 2.54. The summed E-state index contributed by atoms with van der Waals surface area (Å²) in [6.07, 6.45) is 7.54. The molecule has 10 heavy (non-hydrogen) atoms. The summed E-state index contributed by atoms with van der Waals surface area (Å²) in [7, 11) is 0. The van der Waals surface area contributed by atoms with Gasteiger partial charge in [0.1, 0.15) is 0 Å². The van der Waals surface area contributed by atoms with E-state index in [1.165, 1.54) is 19.3 Å². The summed E-state index contributed by atoms with van der Waals surface area (Å²) in [4.78, 5) is 0. The van der Waals surface area contributed by atoms with E-state index in [9.17, 15) is 0 Å². The average Bonchev–Trinajstić information content (AvgIpc) is 1.98. The lowest BCUT2D eigenvalue weighted by atomic mass is 10.1. The highest BCUT2D eigenvalue weighted by atomic mass is 16.3. The topological polar surface area (TPSA) is 20.2 Å². The van der Waals surface area contributed by atoms with Crippen LogP contribution < -0.4 is 0 Å². The molecule has 0 amide bonds. The number of hydrogen-bond donors (Lipinski definition) is 1. The third-order valence-electron chi connectivity index (χ3n) is 1.66. The first-order chi connectivity index (χ1) is 4.81. The third kappa shape index (κ3) is 6.09. The van der Waals surface area contributed by atoms with Gasteiger partial charge >= 0.3 is 0 Å². The SMILES string of the molecule is CCCCC[CH]C(O)CC. The average molecular weight is 143 g/mol. The maximum Gasteiger partial charge on any atom is 0.0569 e. The molecule has 1 unspecified atom stereocenters. The van der Waals surface area contributed by atoms with Crippen molar-refractivity contribution in [1.82, 2.24) is 0 Å². The Balaban J connectivity index is 2.89. The summed E-state index contributed by atoms with van der Waals surface area (Å²) in [6, 6.07) is 0. The van der Waals surface area contributed by atoms with Gasteiger partial charge < -0.3 is 5.11 Å². The maximum absolute atomic E-state index is 9.10. The molecule has 0 saturated carbocycles. The van der Waals surface area contributed by atoms with Crippen molar-refractivity contribution in [2.45, 2.75) is 52.1 Å². The molecule has 0 bridgehead atoms. The molecule has 0 heterocycles. The fourth-order valence-electron chi connectivity index (χ4n) is 0.871. The van der Waals surface area contributed by atoms with Crippen molar-refractivity contribution < 1.29 is 5.11 Å². The van der Waals surface area contributed by atoms with Gasteiger partial charge in [0.25, 0.3) is 0 Å². The van der Waals surface area contributed by atoms with E-state index in [4.69, 9.17) is 5.11 Å². The lowest BCUT2D eigenvalue weighted by Crippen LogP contribution is -2.04. The first-order valence-corrected chi connectivity index (χ1v) is 4.32. The van der Waals surface area contributed by atoms with Crippen LogP contribution >= 0.6 is 0 Å². The van der Waals surface area contributed by atoms with Gasteiger partial charge in [0.15, 0.2) is 0 Å². The van der Waals surface area contributed by atoms with Gasteiger partial charge in [-0.25, -0.2) is 0 Å². The van der Waals surface area contributed by atoms with Crippen LogP contribution in [0, 0.1) is 6.42 Å². The second-order valence-electron chi connectivity index (χ2n) is 2.71. The van der Waals surface area contributed by atoms with Crippen molar-refractivity contribution in [2.24, 2.45) is 0 Å². The number of rotatable bonds is 6. The van der Waals surface area contributed by atoms with E-state index in [-0.39, 0.29) is 6.10 Å². The van der Waals surface area contributed by atoms with Gasteiger partial charge in [0, 0.05) is 0 Å². The Hall–Kier alpha value is -0.0400. The molecule has 0 aliphatic heterocycles. The molecule has 0 aliphatic carbocycles. The standard InChI is InChI=1S/C9H19O/c1-3-5-6-7-8-9(10)4-2/h8-10H,3-7H2,1-2H3. The maximum atomic E-state index is 9.10. The molecular weight excluding hydrogens is 124 g/mol. The molecular formula is C9H19O. The molecule has 1 nitrogen and oxygen atoms in total. The van der Waals surface area contributed by atoms with Gasteiger partial charge in [-0.05, 0) is 19.3 Å². The number of hydrogen-bond acceptors (Lipinski definition) is 1. The Morgan fingerprint density at radius 2 is 2.00 bits per heavy atom. The summed E-state index contributed by atoms with van der Waals surface area (Å²) in [5, 5.41) is 9.10. The van der Waals surface area contributed by atoms with Crippen molar-refractivity contribution in [3.05, 3.63) is 6.42 Å². The lowest BCUT2D eigenvalue weighted by Gasteiger charge is -2.05. The van der Waals surface area contributed by atoms with Gasteiger partial charge in [-0.1, -0.05) is 33.1 Å². The Bertz CT molecular complexity index is 61.7. The quantitative estimate of drug-likeness (QED) is 0.566. The van der Waals surface area contributed by atoms with E-state index in [0.29, 0.717) is 0 Å². The summed E-state index contributed by atoms with van der Waals surface area (Å²) in [5.41, 5.74) is 0. The molecule has 1 heteroatoms. The zero-order valence-corrected chi connectivity index (χ0v) is 7.14. The molecule has 0 aromatic heterocycles. The molecule has 1 N–H and O–H groups in total. The van der Waals surface area contributed by atoms with Gasteiger partial charge in [-0.2, -0.15) is 0 Å². The second-order valence-corrected chi connectivity index (χ2v) is 2.71. The number of aliphatic hydroxyl groups excluding tert-OH is 1. The van der Waals surface area contributed by atoms with E-state index in [0.717, 1.165) is 12.8 Å². The van der Waals surface area contributed by atoms with E-state index in [1.54, 1.807) is 0 Å². The summed E-state index contributed by atoms with van der Waals surface area (Å²) in [6.45, 7) is 4.19. The van der Waals surface area contributed by atoms with Crippen LogP contribution in [0.1, 0.15) is 46.0 Å². The van der Waals surface area contributed by atoms with E-state index >= 15 is 0 Å². The van der Waals surface area contributed by atoms with Crippen LogP contribution in [0.3, 0.4) is 0 Å². The minimum atomic E-state index is -0.170. The monoisotopic (exact) mass is 143 g/mol. The molecule has 0 spiro atoms. The van der Waals surface area contributed by atoms with Gasteiger partial charge in [-0.3, -0.25) is 0 Å². The molecule has 0 aromatic rings. The van der Waals surface area contributed by atoms with Crippen LogP contribution in [-0.2, 0) is 0 Å². The molecule has 1 radical (unpaired) electrons. The smallest absolute Gasteiger partial charge is 0.0569 e. The first kappa shape index (κ1) is 9.96. The minimum Gasteiger partial charge on any atom is -0.393 e. The normalized spacial score (nSPS) is 13.5. The molecule has 0 aliphatic rings. The Morgan fingerprint density at radius 1 is 1.30 bits per heavy atom. The molecule has 0 aromatic carbocycles. The fourth-order valence-corrected chi connectivity index (χ4v) is 0.871. The van der Waals surface area contributed by atoms with E-state index < -0.39 is 0 Å². The van der Waals surface area contributed by atoms with Gasteiger partial charge in [0.05, 0.1) is 6.10 Å². The summed E-state index contributed by atoms with van der Waals surface area (Å²) < 4.78 is 0. The Kier molecular flexibility index (Phi) is 7.04. The molecule has 0 rings (SSSR count). The Labute approximate surface area is 64.5 Å². The summed E-state index contributed by atoms with van der Waals surface area (Å²) in [5.74, 6) is 0. The van der Waals surface area contributed by atoms with E-state index in [1.807, 2.05) is 13.3 Å². The zero-order valence-electron chi connectivity index (χ0n) is 7.14.